The van der Waals surface area contributed by atoms with Crippen molar-refractivity contribution in [2.45, 2.75) is 25.4 Å². The van der Waals surface area contributed by atoms with Gasteiger partial charge < -0.3 is 9.88 Å². The van der Waals surface area contributed by atoms with Gasteiger partial charge >= 0.3 is 6.03 Å². The van der Waals surface area contributed by atoms with Gasteiger partial charge in [-0.15, -0.1) is 0 Å². The maximum Gasteiger partial charge on any atom is 0.327 e. The van der Waals surface area contributed by atoms with Crippen LogP contribution in [0, 0.1) is 0 Å². The smallest absolute Gasteiger partial charge is 0.327 e. The topological polar surface area (TPSA) is 87.1 Å². The second-order valence-corrected chi connectivity index (χ2v) is 11.7. The number of imide groups is 1. The Balaban J connectivity index is 1.15. The molecule has 224 valence electrons. The molecule has 0 saturated carbocycles. The molecule has 4 aromatic carbocycles. The number of fused-ring (bicyclic) bond motifs is 1. The molecule has 1 saturated heterocycles. The van der Waals surface area contributed by atoms with Gasteiger partial charge in [0.25, 0.3) is 0 Å². The number of benzene rings is 4. The first kappa shape index (κ1) is 28.6. The quantitative estimate of drug-likeness (QED) is 0.188. The normalized spacial score (nSPS) is 14.3. The van der Waals surface area contributed by atoms with E-state index in [4.69, 9.17) is 11.6 Å². The number of carbonyl (C=O) groups is 2. The van der Waals surface area contributed by atoms with Crippen LogP contribution >= 0.6 is 11.6 Å². The number of urea groups is 1. The third-order valence-electron chi connectivity index (χ3n) is 8.50. The largest absolute Gasteiger partial charge is 0.361 e. The summed E-state index contributed by atoms with van der Waals surface area (Å²) in [7, 11) is 0. The molecule has 1 atom stereocenters. The van der Waals surface area contributed by atoms with Crippen LogP contribution in [0.5, 0.6) is 0 Å². The molecule has 0 spiro atoms. The summed E-state index contributed by atoms with van der Waals surface area (Å²) in [5, 5.41) is 5.83. The molecule has 1 aliphatic heterocycles. The maximum absolute atomic E-state index is 14.0. The number of hydrogen-bond donors (Lipinski definition) is 1. The Kier molecular flexibility index (Phi) is 7.88. The molecule has 3 heterocycles. The molecule has 0 bridgehead atoms. The Morgan fingerprint density at radius 2 is 1.62 bits per heavy atom. The number of nitrogens with zero attached hydrogens (tertiary/aromatic N) is 5. The lowest BCUT2D eigenvalue weighted by atomic mass is 9.90. The van der Waals surface area contributed by atoms with Crippen LogP contribution in [0.25, 0.3) is 22.0 Å². The van der Waals surface area contributed by atoms with Crippen LogP contribution < -0.4 is 0 Å². The molecule has 2 aromatic heterocycles. The van der Waals surface area contributed by atoms with E-state index < -0.39 is 0 Å². The van der Waals surface area contributed by atoms with E-state index in [1.807, 2.05) is 66.9 Å². The fourth-order valence-corrected chi connectivity index (χ4v) is 6.46. The molecule has 8 nitrogen and oxygen atoms in total. The summed E-state index contributed by atoms with van der Waals surface area (Å²) in [5.74, 6) is -0.476. The summed E-state index contributed by atoms with van der Waals surface area (Å²) < 4.78 is 1.78. The Bertz CT molecular complexity index is 1970. The number of rotatable bonds is 9. The lowest BCUT2D eigenvalue weighted by Gasteiger charge is -2.36. The summed E-state index contributed by atoms with van der Waals surface area (Å²) in [4.78, 5) is 37.9. The number of halogens is 1. The van der Waals surface area contributed by atoms with Crippen LogP contribution in [0.4, 0.5) is 4.79 Å². The average molecular weight is 615 g/mol. The van der Waals surface area contributed by atoms with Crippen molar-refractivity contribution in [2.75, 3.05) is 13.1 Å². The van der Waals surface area contributed by atoms with Crippen molar-refractivity contribution in [1.29, 1.82) is 0 Å². The highest BCUT2D eigenvalue weighted by Crippen LogP contribution is 2.36. The Labute approximate surface area is 265 Å². The molecule has 45 heavy (non-hydrogen) atoms. The molecular formula is C36H31ClN6O2. The number of para-hydroxylation sites is 1. The Morgan fingerprint density at radius 3 is 2.44 bits per heavy atom. The van der Waals surface area contributed by atoms with Gasteiger partial charge in [0.15, 0.2) is 0 Å². The third kappa shape index (κ3) is 5.84. The highest BCUT2D eigenvalue weighted by atomic mass is 35.5. The van der Waals surface area contributed by atoms with E-state index in [-0.39, 0.29) is 30.8 Å². The van der Waals surface area contributed by atoms with E-state index in [1.165, 1.54) is 11.2 Å². The van der Waals surface area contributed by atoms with Crippen LogP contribution in [0.15, 0.2) is 116 Å². The highest BCUT2D eigenvalue weighted by molar-refractivity contribution is 6.31. The number of carbonyl (C=O) groups excluding carboxylic acids is 2. The lowest BCUT2D eigenvalue weighted by molar-refractivity contribution is -0.131. The maximum atomic E-state index is 14.0. The monoisotopic (exact) mass is 614 g/mol. The fraction of sp³-hybridized carbons (Fsp3) is 0.167. The van der Waals surface area contributed by atoms with Gasteiger partial charge in [-0.05, 0) is 45.5 Å². The summed E-state index contributed by atoms with van der Waals surface area (Å²) in [6.45, 7) is 1.59. The van der Waals surface area contributed by atoms with E-state index in [0.29, 0.717) is 24.7 Å². The van der Waals surface area contributed by atoms with Gasteiger partial charge in [0.1, 0.15) is 12.7 Å². The zero-order chi connectivity index (χ0) is 30.8. The van der Waals surface area contributed by atoms with Crippen LogP contribution in [-0.4, -0.2) is 54.6 Å². The zero-order valence-electron chi connectivity index (χ0n) is 24.5. The molecule has 1 N–H and O–H groups in total. The van der Waals surface area contributed by atoms with Crippen molar-refractivity contribution in [3.8, 4) is 11.1 Å². The SMILES string of the molecule is O=C1CCN(Cc2ccccc2-c2ccc(Cn3cncn3)cc2)C(=O)N1CC(c1ccccc1Cl)c1c[nH]c2ccccc12. The van der Waals surface area contributed by atoms with Crippen molar-refractivity contribution in [2.24, 2.45) is 0 Å². The molecule has 7 rings (SSSR count). The van der Waals surface area contributed by atoms with Gasteiger partial charge in [-0.1, -0.05) is 96.5 Å². The van der Waals surface area contributed by atoms with E-state index in [1.54, 1.807) is 15.9 Å². The molecule has 1 fully saturated rings. The summed E-state index contributed by atoms with van der Waals surface area (Å²) in [6, 6.07) is 31.9. The minimum absolute atomic E-state index is 0.176. The highest BCUT2D eigenvalue weighted by Gasteiger charge is 2.35. The molecule has 0 aliphatic carbocycles. The number of aromatic amines is 1. The molecule has 0 radical (unpaired) electrons. The predicted molar refractivity (Wildman–Crippen MR) is 175 cm³/mol. The third-order valence-corrected chi connectivity index (χ3v) is 8.84. The molecule has 6 aromatic rings. The summed E-state index contributed by atoms with van der Waals surface area (Å²) in [5.41, 5.74) is 7.10. The van der Waals surface area contributed by atoms with Crippen molar-refractivity contribution in [3.05, 3.63) is 143 Å². The van der Waals surface area contributed by atoms with E-state index in [2.05, 4.69) is 51.5 Å². The van der Waals surface area contributed by atoms with Crippen molar-refractivity contribution in [1.82, 2.24) is 29.5 Å². The average Bonchev–Trinajstić information content (AvgIpc) is 3.74. The fourth-order valence-electron chi connectivity index (χ4n) is 6.19. The van der Waals surface area contributed by atoms with Gasteiger partial charge in [0.2, 0.25) is 5.91 Å². The van der Waals surface area contributed by atoms with Crippen LogP contribution in [0.1, 0.15) is 34.6 Å². The first-order valence-electron chi connectivity index (χ1n) is 14.9. The number of H-pyrrole nitrogens is 1. The molecule has 3 amide bonds. The van der Waals surface area contributed by atoms with Gasteiger partial charge in [0.05, 0.1) is 6.54 Å². The molecule has 9 heteroatoms. The van der Waals surface area contributed by atoms with Crippen molar-refractivity contribution >= 4 is 34.4 Å². The van der Waals surface area contributed by atoms with Gasteiger partial charge in [0, 0.05) is 54.1 Å². The minimum atomic E-state index is -0.300. The zero-order valence-corrected chi connectivity index (χ0v) is 25.3. The van der Waals surface area contributed by atoms with Crippen LogP contribution in [-0.2, 0) is 17.9 Å². The Morgan fingerprint density at radius 1 is 0.844 bits per heavy atom. The lowest BCUT2D eigenvalue weighted by Crippen LogP contribution is -2.53. The number of hydrogen-bond acceptors (Lipinski definition) is 4. The second-order valence-electron chi connectivity index (χ2n) is 11.3. The van der Waals surface area contributed by atoms with Crippen LogP contribution in [0.2, 0.25) is 5.02 Å². The number of nitrogens with one attached hydrogen (secondary N) is 1. The van der Waals surface area contributed by atoms with Crippen molar-refractivity contribution < 1.29 is 9.59 Å². The van der Waals surface area contributed by atoms with E-state index >= 15 is 0 Å². The van der Waals surface area contributed by atoms with Gasteiger partial charge in [-0.3, -0.25) is 9.69 Å². The van der Waals surface area contributed by atoms with Gasteiger partial charge in [-0.2, -0.15) is 5.10 Å². The van der Waals surface area contributed by atoms with E-state index in [9.17, 15) is 9.59 Å². The van der Waals surface area contributed by atoms with Gasteiger partial charge in [-0.25, -0.2) is 14.5 Å². The number of amides is 3. The van der Waals surface area contributed by atoms with Crippen molar-refractivity contribution in [3.63, 3.8) is 0 Å². The summed E-state index contributed by atoms with van der Waals surface area (Å²) in [6.07, 6.45) is 5.45. The standard InChI is InChI=1S/C36H31ClN6O2/c37-33-11-5-3-9-29(33)32(31-19-39-34-12-6-4-10-30(31)34)22-43-35(44)17-18-41(36(43)45)21-27-7-1-2-8-28(27)26-15-13-25(14-16-26)20-42-24-38-23-40-42/h1-16,19,23-24,32,39H,17-18,20-22H2. The first-order chi connectivity index (χ1) is 22.0. The summed E-state index contributed by atoms with van der Waals surface area (Å²) >= 11 is 6.72. The Hall–Kier alpha value is -5.21. The van der Waals surface area contributed by atoms with Crippen LogP contribution in [0.3, 0.4) is 0 Å². The second kappa shape index (κ2) is 12.4. The molecular weight excluding hydrogens is 584 g/mol. The molecule has 1 unspecified atom stereocenters. The predicted octanol–water partition coefficient (Wildman–Crippen LogP) is 7.11. The minimum Gasteiger partial charge on any atom is -0.361 e. The first-order valence-corrected chi connectivity index (χ1v) is 15.3. The van der Waals surface area contributed by atoms with E-state index in [0.717, 1.165) is 44.3 Å². The number of aromatic nitrogens is 4. The molecule has 1 aliphatic rings.